The summed E-state index contributed by atoms with van der Waals surface area (Å²) < 4.78 is 44.3. The maximum atomic E-state index is 13.8. The van der Waals surface area contributed by atoms with Crippen molar-refractivity contribution in [3.05, 3.63) is 109 Å². The van der Waals surface area contributed by atoms with Crippen LogP contribution >= 0.6 is 34.5 Å². The normalized spacial score (nSPS) is 20.4. The maximum absolute atomic E-state index is 13.8. The summed E-state index contributed by atoms with van der Waals surface area (Å²) in [7, 11) is 0. The molecule has 2 aromatic carbocycles. The number of fused-ring (bicyclic) bond motifs is 3. The minimum Gasteiger partial charge on any atom is -0.544 e. The fourth-order valence-electron chi connectivity index (χ4n) is 7.30. The molecule has 1 unspecified atom stereocenters. The van der Waals surface area contributed by atoms with Crippen LogP contribution in [0.2, 0.25) is 10.0 Å². The van der Waals surface area contributed by atoms with Crippen LogP contribution in [0.4, 0.5) is 8.78 Å². The van der Waals surface area contributed by atoms with E-state index in [1.807, 2.05) is 30.3 Å². The molecule has 3 aliphatic heterocycles. The molecule has 10 nitrogen and oxygen atoms in total. The standard InChI is InChI=1S/C39H39Cl2F2N3O7S/c40-30-18-46(50)19-31(41)29(30)16-27(25-8-9-32(53-39(42)43)33(14-25)51-21-22-6-7-22)28-15-26(54-36(28)37(47)48)17-44-35(24-4-2-1-3-5-24)38(49)52-34-20-45-12-10-23(34)11-13-45/h1-5,8-9,14-15,18-19,22-23,27,34-35,39,44H,6-7,10-13,16-17,20-21H2,(H-,47,48,50)/t27-,34-,35?/m0/s1. The fraction of sp³-hybridized carbons (Fsp3) is 0.410. The Balaban J connectivity index is 1.22. The molecule has 286 valence electrons. The zero-order chi connectivity index (χ0) is 37.9. The van der Waals surface area contributed by atoms with E-state index >= 15 is 0 Å². The van der Waals surface area contributed by atoms with Crippen LogP contribution in [0, 0.1) is 11.8 Å². The minimum atomic E-state index is -3.09. The second-order valence-corrected chi connectivity index (χ2v) is 16.0. The highest BCUT2D eigenvalue weighted by Crippen LogP contribution is 2.42. The van der Waals surface area contributed by atoms with Crippen LogP contribution in [-0.4, -0.2) is 61.0 Å². The summed E-state index contributed by atoms with van der Waals surface area (Å²) in [4.78, 5) is 29.4. The monoisotopic (exact) mass is 801 g/mol. The topological polar surface area (TPSA) is 124 Å². The number of carbonyl (C=O) groups is 2. The van der Waals surface area contributed by atoms with E-state index in [-0.39, 0.29) is 45.5 Å². The van der Waals surface area contributed by atoms with Crippen LogP contribution in [-0.2, 0) is 22.5 Å². The number of carboxylic acids is 1. The van der Waals surface area contributed by atoms with E-state index in [0.717, 1.165) is 54.8 Å². The summed E-state index contributed by atoms with van der Waals surface area (Å²) in [5.41, 5.74) is 1.99. The molecule has 54 heavy (non-hydrogen) atoms. The van der Waals surface area contributed by atoms with Crippen molar-refractivity contribution in [3.63, 3.8) is 0 Å². The van der Waals surface area contributed by atoms with Gasteiger partial charge in [-0.05, 0) is 91.9 Å². The number of aromatic nitrogens is 1. The number of hydrogen-bond donors (Lipinski definition) is 2. The molecule has 0 amide bonds. The van der Waals surface area contributed by atoms with Gasteiger partial charge in [-0.2, -0.15) is 8.78 Å². The van der Waals surface area contributed by atoms with Crippen molar-refractivity contribution in [2.45, 2.75) is 63.3 Å². The molecule has 4 fully saturated rings. The predicted molar refractivity (Wildman–Crippen MR) is 194 cm³/mol. The molecular formula is C39H39Cl2F2N3O7S. The van der Waals surface area contributed by atoms with Crippen molar-refractivity contribution >= 4 is 46.5 Å². The Bertz CT molecular complexity index is 1950. The lowest BCUT2D eigenvalue weighted by atomic mass is 9.85. The van der Waals surface area contributed by atoms with Gasteiger partial charge in [0.05, 0.1) is 17.5 Å². The van der Waals surface area contributed by atoms with Gasteiger partial charge in [-0.15, -0.1) is 11.3 Å². The molecule has 4 aliphatic rings. The quantitative estimate of drug-likeness (QED) is 0.0778. The molecule has 0 spiro atoms. The summed E-state index contributed by atoms with van der Waals surface area (Å²) in [6.07, 6.45) is 6.27. The first-order valence-corrected chi connectivity index (χ1v) is 19.4. The molecule has 4 aromatic rings. The first-order chi connectivity index (χ1) is 26.0. The molecule has 8 rings (SSSR count). The highest BCUT2D eigenvalue weighted by atomic mass is 35.5. The van der Waals surface area contributed by atoms with Gasteiger partial charge in [0.2, 0.25) is 12.4 Å². The van der Waals surface area contributed by atoms with Crippen molar-refractivity contribution < 1.29 is 47.6 Å². The molecule has 3 saturated heterocycles. The average molecular weight is 803 g/mol. The van der Waals surface area contributed by atoms with E-state index in [9.17, 15) is 28.7 Å². The largest absolute Gasteiger partial charge is 0.544 e. The van der Waals surface area contributed by atoms with Gasteiger partial charge < -0.3 is 24.1 Å². The SMILES string of the molecule is O=C([O-])c1sc(CNC(C(=O)O[C@H]2CN3CCC2CC3)c2ccccc2)cc1[C@@H](Cc1c(Cl)c[n+](O)cc1Cl)c1ccc(OC(F)F)c(OCC2CC2)c1. The summed E-state index contributed by atoms with van der Waals surface area (Å²) in [6, 6.07) is 14.6. The molecule has 1 saturated carbocycles. The Morgan fingerprint density at radius 2 is 1.72 bits per heavy atom. The first kappa shape index (κ1) is 38.3. The van der Waals surface area contributed by atoms with E-state index in [0.29, 0.717) is 52.1 Å². The Kier molecular flexibility index (Phi) is 11.9. The average Bonchev–Trinajstić information content (AvgIpc) is 3.88. The van der Waals surface area contributed by atoms with Gasteiger partial charge >= 0.3 is 12.6 Å². The molecule has 15 heteroatoms. The van der Waals surface area contributed by atoms with Crippen LogP contribution < -0.4 is 24.6 Å². The Morgan fingerprint density at radius 3 is 2.35 bits per heavy atom. The third-order valence-corrected chi connectivity index (χ3v) is 12.1. The molecule has 2 aromatic heterocycles. The van der Waals surface area contributed by atoms with Crippen LogP contribution in [0.1, 0.15) is 74.4 Å². The molecule has 2 N–H and O–H groups in total. The second kappa shape index (κ2) is 16.8. The number of benzene rings is 2. The summed E-state index contributed by atoms with van der Waals surface area (Å²) >= 11 is 14.1. The van der Waals surface area contributed by atoms with Crippen LogP contribution in [0.25, 0.3) is 0 Å². The lowest BCUT2D eigenvalue weighted by molar-refractivity contribution is -0.904. The second-order valence-electron chi connectivity index (χ2n) is 14.0. The van der Waals surface area contributed by atoms with Crippen LogP contribution in [0.3, 0.4) is 0 Å². The van der Waals surface area contributed by atoms with Gasteiger partial charge in [0.25, 0.3) is 0 Å². The number of esters is 1. The van der Waals surface area contributed by atoms with Gasteiger partial charge in [-0.1, -0.05) is 59.6 Å². The smallest absolute Gasteiger partial charge is 0.387 e. The molecule has 3 atom stereocenters. The van der Waals surface area contributed by atoms with Gasteiger partial charge in [0.1, 0.15) is 22.2 Å². The van der Waals surface area contributed by atoms with E-state index < -0.39 is 30.5 Å². The van der Waals surface area contributed by atoms with E-state index in [1.165, 1.54) is 18.5 Å². The van der Waals surface area contributed by atoms with Crippen molar-refractivity contribution in [2.75, 3.05) is 26.2 Å². The number of nitrogens with zero attached hydrogens (tertiary/aromatic N) is 2. The van der Waals surface area contributed by atoms with Gasteiger partial charge in [-0.3, -0.25) is 15.4 Å². The van der Waals surface area contributed by atoms with Crippen molar-refractivity contribution in [3.8, 4) is 11.5 Å². The molecule has 1 aliphatic carbocycles. The Hall–Kier alpha value is -4.01. The van der Waals surface area contributed by atoms with Gasteiger partial charge in [-0.25, -0.2) is 4.79 Å². The zero-order valence-electron chi connectivity index (χ0n) is 29.1. The number of thiophene rings is 1. The van der Waals surface area contributed by atoms with Crippen molar-refractivity contribution in [1.82, 2.24) is 10.2 Å². The number of aromatic carboxylic acids is 1. The van der Waals surface area contributed by atoms with Gasteiger partial charge in [0.15, 0.2) is 11.5 Å². The number of alkyl halides is 2. The Morgan fingerprint density at radius 1 is 1.00 bits per heavy atom. The lowest BCUT2D eigenvalue weighted by Gasteiger charge is -2.44. The highest BCUT2D eigenvalue weighted by Gasteiger charge is 2.38. The Labute approximate surface area is 325 Å². The van der Waals surface area contributed by atoms with Crippen molar-refractivity contribution in [2.24, 2.45) is 11.8 Å². The molecule has 5 heterocycles. The van der Waals surface area contributed by atoms with E-state index in [4.69, 9.17) is 37.4 Å². The van der Waals surface area contributed by atoms with E-state index in [2.05, 4.69) is 10.2 Å². The maximum Gasteiger partial charge on any atom is 0.387 e. The van der Waals surface area contributed by atoms with E-state index in [1.54, 1.807) is 18.2 Å². The number of carbonyl (C=O) groups excluding carboxylic acids is 2. The number of nitrogens with one attached hydrogen (secondary N) is 1. The number of ether oxygens (including phenoxy) is 3. The third kappa shape index (κ3) is 9.09. The number of rotatable bonds is 16. The minimum absolute atomic E-state index is 0.0536. The lowest BCUT2D eigenvalue weighted by Crippen LogP contribution is -2.52. The molecule has 2 bridgehead atoms. The summed E-state index contributed by atoms with van der Waals surface area (Å²) in [5, 5.41) is 26.4. The number of piperidine rings is 3. The highest BCUT2D eigenvalue weighted by molar-refractivity contribution is 7.14. The third-order valence-electron chi connectivity index (χ3n) is 10.3. The summed E-state index contributed by atoms with van der Waals surface area (Å²) in [6.45, 7) is 0.0531. The van der Waals surface area contributed by atoms with Crippen LogP contribution in [0.15, 0.2) is 67.0 Å². The number of hydrogen-bond acceptors (Lipinski definition) is 10. The van der Waals surface area contributed by atoms with Gasteiger partial charge in [0, 0.05) is 34.2 Å². The zero-order valence-corrected chi connectivity index (χ0v) is 31.4. The number of pyridine rings is 1. The number of carboxylic acid groups (broad SMARTS) is 1. The molecular weight excluding hydrogens is 763 g/mol. The van der Waals surface area contributed by atoms with Crippen molar-refractivity contribution in [1.29, 1.82) is 0 Å². The summed E-state index contributed by atoms with van der Waals surface area (Å²) in [5.74, 6) is -2.03. The van der Waals surface area contributed by atoms with Crippen LogP contribution in [0.5, 0.6) is 11.5 Å². The fourth-order valence-corrected chi connectivity index (χ4v) is 8.91. The predicted octanol–water partition coefficient (Wildman–Crippen LogP) is 6.18. The molecule has 0 radical (unpaired) electrons. The number of halogens is 4. The first-order valence-electron chi connectivity index (χ1n) is 17.9.